The van der Waals surface area contributed by atoms with Crippen molar-refractivity contribution >= 4 is 54.3 Å². The van der Waals surface area contributed by atoms with Crippen LogP contribution in [0.15, 0.2) is 12.1 Å². The zero-order valence-corrected chi connectivity index (χ0v) is 12.9. The van der Waals surface area contributed by atoms with Gasteiger partial charge in [-0.05, 0) is 0 Å². The van der Waals surface area contributed by atoms with E-state index in [9.17, 15) is 20.2 Å². The van der Waals surface area contributed by atoms with Crippen molar-refractivity contribution in [1.82, 2.24) is 9.97 Å². The topological polar surface area (TPSA) is 112 Å². The average molecular weight is 406 g/mol. The molecular weight excluding hydrogens is 400 g/mol. The van der Waals surface area contributed by atoms with Gasteiger partial charge in [0.2, 0.25) is 0 Å². The largest absolute Gasteiger partial charge is 0.348 e. The van der Waals surface area contributed by atoms with Crippen LogP contribution in [0.3, 0.4) is 0 Å². The number of fused-ring (bicyclic) bond motifs is 1. The summed E-state index contributed by atoms with van der Waals surface area (Å²) in [6, 6.07) is 2.15. The van der Waals surface area contributed by atoms with E-state index >= 15 is 0 Å². The number of rotatable bonds is 4. The van der Waals surface area contributed by atoms with Gasteiger partial charge in [-0.3, -0.25) is 20.2 Å². The minimum atomic E-state index is -0.800. The first-order chi connectivity index (χ1) is 9.47. The van der Waals surface area contributed by atoms with Crippen LogP contribution in [0.4, 0.5) is 11.4 Å². The van der Waals surface area contributed by atoms with Gasteiger partial charge in [-0.1, -0.05) is 31.9 Å². The van der Waals surface area contributed by atoms with Crippen LogP contribution < -0.4 is 0 Å². The minimum Gasteiger partial charge on any atom is -0.258 e. The maximum atomic E-state index is 10.9. The van der Waals surface area contributed by atoms with E-state index in [0.717, 1.165) is 12.1 Å². The molecule has 2 rings (SSSR count). The Labute approximate surface area is 128 Å². The summed E-state index contributed by atoms with van der Waals surface area (Å²) in [4.78, 5) is 28.7. The molecule has 0 aliphatic heterocycles. The third-order valence-electron chi connectivity index (χ3n) is 2.56. The van der Waals surface area contributed by atoms with Crippen LogP contribution in [-0.2, 0) is 10.7 Å². The van der Waals surface area contributed by atoms with Gasteiger partial charge in [-0.15, -0.1) is 0 Å². The van der Waals surface area contributed by atoms with Gasteiger partial charge in [0.15, 0.2) is 0 Å². The van der Waals surface area contributed by atoms with E-state index < -0.39 is 21.2 Å². The summed E-state index contributed by atoms with van der Waals surface area (Å²) in [6.45, 7) is 0. The van der Waals surface area contributed by atoms with Gasteiger partial charge < -0.3 is 0 Å². The lowest BCUT2D eigenvalue weighted by Crippen LogP contribution is -2.02. The Morgan fingerprint density at radius 3 is 1.50 bits per heavy atom. The summed E-state index contributed by atoms with van der Waals surface area (Å²) in [5.74, 6) is 0. The van der Waals surface area contributed by atoms with E-state index in [1.165, 1.54) is 0 Å². The molecule has 10 heteroatoms. The first-order valence-corrected chi connectivity index (χ1v) is 7.46. The molecule has 0 aliphatic carbocycles. The van der Waals surface area contributed by atoms with Gasteiger partial charge in [0.25, 0.3) is 0 Å². The Morgan fingerprint density at radius 2 is 1.25 bits per heavy atom. The van der Waals surface area contributed by atoms with Crippen molar-refractivity contribution in [2.45, 2.75) is 10.7 Å². The number of nitro groups is 2. The first-order valence-electron chi connectivity index (χ1n) is 5.22. The minimum absolute atomic E-state index is 0.251. The van der Waals surface area contributed by atoms with Crippen LogP contribution in [0.1, 0.15) is 11.4 Å². The van der Waals surface area contributed by atoms with E-state index in [4.69, 9.17) is 0 Å². The highest BCUT2D eigenvalue weighted by Crippen LogP contribution is 2.31. The summed E-state index contributed by atoms with van der Waals surface area (Å²) in [5.41, 5.74) is 0.561. The molecule has 0 aliphatic rings. The zero-order chi connectivity index (χ0) is 14.9. The Balaban J connectivity index is 2.80. The normalized spacial score (nSPS) is 10.7. The molecular formula is C10H6Br2N4O4. The lowest BCUT2D eigenvalue weighted by atomic mass is 10.2. The molecule has 0 atom stereocenters. The smallest absolute Gasteiger partial charge is 0.258 e. The summed E-state index contributed by atoms with van der Waals surface area (Å²) in [7, 11) is 0. The molecule has 0 radical (unpaired) electrons. The number of halogens is 2. The molecule has 0 saturated carbocycles. The van der Waals surface area contributed by atoms with Crippen LogP contribution in [0.2, 0.25) is 0 Å². The lowest BCUT2D eigenvalue weighted by Gasteiger charge is -2.05. The predicted octanol–water partition coefficient (Wildman–Crippen LogP) is 3.24. The zero-order valence-electron chi connectivity index (χ0n) is 9.75. The van der Waals surface area contributed by atoms with Crippen molar-refractivity contribution in [2.75, 3.05) is 0 Å². The fourth-order valence-corrected chi connectivity index (χ4v) is 2.56. The quantitative estimate of drug-likeness (QED) is 0.438. The number of hydrogen-bond donors (Lipinski definition) is 0. The molecule has 0 N–H and O–H groups in total. The molecule has 0 bridgehead atoms. The molecule has 8 nitrogen and oxygen atoms in total. The van der Waals surface area contributed by atoms with Crippen LogP contribution in [0, 0.1) is 20.2 Å². The van der Waals surface area contributed by atoms with E-state index in [0.29, 0.717) is 22.0 Å². The maximum Gasteiger partial charge on any atom is 0.348 e. The van der Waals surface area contributed by atoms with E-state index in [2.05, 4.69) is 41.8 Å². The van der Waals surface area contributed by atoms with Crippen LogP contribution in [0.5, 0.6) is 0 Å². The Bertz CT molecular complexity index is 661. The Hall–Kier alpha value is -1.68. The summed E-state index contributed by atoms with van der Waals surface area (Å²) >= 11 is 6.51. The van der Waals surface area contributed by atoms with Crippen molar-refractivity contribution in [3.05, 3.63) is 43.7 Å². The molecule has 0 unspecified atom stereocenters. The van der Waals surface area contributed by atoms with Gasteiger partial charge in [0, 0.05) is 10.7 Å². The van der Waals surface area contributed by atoms with Gasteiger partial charge in [0.1, 0.15) is 0 Å². The van der Waals surface area contributed by atoms with Gasteiger partial charge in [-0.25, -0.2) is 9.97 Å². The number of nitro benzene ring substituents is 2. The Morgan fingerprint density at radius 1 is 0.900 bits per heavy atom. The second-order valence-electron chi connectivity index (χ2n) is 3.73. The molecule has 0 spiro atoms. The SMILES string of the molecule is O=[N+]([O-])c1cc2nc(CBr)c(CBr)nc2cc1[N+](=O)[O-]. The van der Waals surface area contributed by atoms with E-state index in [1.54, 1.807) is 0 Å². The highest BCUT2D eigenvalue weighted by molar-refractivity contribution is 9.09. The monoisotopic (exact) mass is 404 g/mol. The highest BCUT2D eigenvalue weighted by atomic mass is 79.9. The van der Waals surface area contributed by atoms with Crippen LogP contribution in [-0.4, -0.2) is 19.8 Å². The summed E-state index contributed by atoms with van der Waals surface area (Å²) in [6.07, 6.45) is 0. The second kappa shape index (κ2) is 5.75. The maximum absolute atomic E-state index is 10.9. The molecule has 1 aromatic heterocycles. The molecule has 1 heterocycles. The second-order valence-corrected chi connectivity index (χ2v) is 4.85. The number of alkyl halides is 2. The molecule has 20 heavy (non-hydrogen) atoms. The summed E-state index contributed by atoms with van der Waals surface area (Å²) in [5, 5.41) is 22.6. The fraction of sp³-hybridized carbons (Fsp3) is 0.200. The van der Waals surface area contributed by atoms with Gasteiger partial charge in [-0.2, -0.15) is 0 Å². The van der Waals surface area contributed by atoms with Crippen LogP contribution in [0.25, 0.3) is 11.0 Å². The Kier molecular flexibility index (Phi) is 4.23. The third kappa shape index (κ3) is 2.61. The molecule has 2 aromatic rings. The van der Waals surface area contributed by atoms with Crippen LogP contribution >= 0.6 is 31.9 Å². The molecule has 0 amide bonds. The van der Waals surface area contributed by atoms with E-state index in [-0.39, 0.29) is 11.0 Å². The fourth-order valence-electron chi connectivity index (χ4n) is 1.66. The van der Waals surface area contributed by atoms with Crippen molar-refractivity contribution < 1.29 is 9.85 Å². The lowest BCUT2D eigenvalue weighted by molar-refractivity contribution is -0.422. The molecule has 0 saturated heterocycles. The highest BCUT2D eigenvalue weighted by Gasteiger charge is 2.26. The van der Waals surface area contributed by atoms with Gasteiger partial charge >= 0.3 is 11.4 Å². The van der Waals surface area contributed by atoms with Crippen molar-refractivity contribution in [1.29, 1.82) is 0 Å². The number of hydrogen-bond acceptors (Lipinski definition) is 6. The van der Waals surface area contributed by atoms with Crippen molar-refractivity contribution in [2.24, 2.45) is 0 Å². The van der Waals surface area contributed by atoms with Gasteiger partial charge in [0.05, 0.1) is 44.4 Å². The number of nitrogens with zero attached hydrogens (tertiary/aromatic N) is 4. The standard InChI is InChI=1S/C10H6Br2N4O4/c11-3-7-8(4-12)14-6-2-10(16(19)20)9(15(17)18)1-5(6)13-7/h1-2H,3-4H2. The molecule has 0 fully saturated rings. The van der Waals surface area contributed by atoms with Crippen molar-refractivity contribution in [3.63, 3.8) is 0 Å². The molecule has 1 aromatic carbocycles. The first kappa shape index (κ1) is 14.7. The van der Waals surface area contributed by atoms with E-state index in [1.807, 2.05) is 0 Å². The summed E-state index contributed by atoms with van der Waals surface area (Å²) < 4.78 is 0. The third-order valence-corrected chi connectivity index (χ3v) is 3.62. The number of aromatic nitrogens is 2. The average Bonchev–Trinajstić information content (AvgIpc) is 2.43. The molecule has 104 valence electrons. The predicted molar refractivity (Wildman–Crippen MR) is 78.1 cm³/mol. The number of benzene rings is 1. The van der Waals surface area contributed by atoms with Crippen molar-refractivity contribution in [3.8, 4) is 0 Å².